The first-order valence-electron chi connectivity index (χ1n) is 13.5. The van der Waals surface area contributed by atoms with Crippen molar-refractivity contribution in [2.24, 2.45) is 5.92 Å². The Labute approximate surface area is 221 Å². The van der Waals surface area contributed by atoms with Crippen molar-refractivity contribution >= 4 is 16.9 Å². The van der Waals surface area contributed by atoms with Gasteiger partial charge in [0, 0.05) is 67.7 Å². The maximum Gasteiger partial charge on any atom is 0.156 e. The number of halogens is 2. The monoisotopic (exact) mass is 517 g/mol. The lowest BCUT2D eigenvalue weighted by Gasteiger charge is -2.36. The van der Waals surface area contributed by atoms with Crippen molar-refractivity contribution in [1.29, 1.82) is 0 Å². The molecule has 1 saturated carbocycles. The third-order valence-corrected chi connectivity index (χ3v) is 7.90. The molecule has 1 atom stereocenters. The number of pyridine rings is 1. The fraction of sp³-hybridized carbons (Fsp3) is 0.448. The maximum absolute atomic E-state index is 14.2. The van der Waals surface area contributed by atoms with E-state index in [0.717, 1.165) is 78.9 Å². The number of hydrogen-bond donors (Lipinski definition) is 0. The Bertz CT molecular complexity index is 1450. The van der Waals surface area contributed by atoms with Gasteiger partial charge in [-0.1, -0.05) is 26.8 Å². The number of aromatic nitrogens is 5. The lowest BCUT2D eigenvalue weighted by Crippen LogP contribution is -2.46. The van der Waals surface area contributed by atoms with E-state index < -0.39 is 11.6 Å². The van der Waals surface area contributed by atoms with Crippen LogP contribution in [0.4, 0.5) is 14.6 Å². The average Bonchev–Trinajstić information content (AvgIpc) is 3.65. The number of hydrogen-bond acceptors (Lipinski definition) is 6. The van der Waals surface area contributed by atoms with Crippen molar-refractivity contribution in [3.63, 3.8) is 0 Å². The molecule has 4 aromatic rings. The molecule has 1 aliphatic carbocycles. The number of rotatable bonds is 7. The Morgan fingerprint density at radius 2 is 1.74 bits per heavy atom. The molecule has 0 amide bonds. The van der Waals surface area contributed by atoms with E-state index in [9.17, 15) is 8.78 Å². The Kier molecular flexibility index (Phi) is 6.55. The SMILES string of the molecule is CC(C)C(C)c1cc2nc(N3CCN(Cc4ccc(F)cc4F)CC3)c(-c3cnn(C4CC4)c3)nc2cn1. The minimum atomic E-state index is -0.551. The summed E-state index contributed by atoms with van der Waals surface area (Å²) in [5.41, 5.74) is 4.91. The molecule has 4 heterocycles. The molecule has 198 valence electrons. The molecule has 0 spiro atoms. The quantitative estimate of drug-likeness (QED) is 0.319. The van der Waals surface area contributed by atoms with E-state index in [2.05, 4.69) is 47.9 Å². The lowest BCUT2D eigenvalue weighted by molar-refractivity contribution is 0.246. The summed E-state index contributed by atoms with van der Waals surface area (Å²) in [5, 5.41) is 4.60. The molecular weight excluding hydrogens is 484 g/mol. The van der Waals surface area contributed by atoms with Gasteiger partial charge in [0.1, 0.15) is 22.8 Å². The zero-order valence-corrected chi connectivity index (χ0v) is 22.1. The van der Waals surface area contributed by atoms with Crippen molar-refractivity contribution < 1.29 is 8.78 Å². The molecule has 0 N–H and O–H groups in total. The van der Waals surface area contributed by atoms with Gasteiger partial charge in [-0.15, -0.1) is 0 Å². The van der Waals surface area contributed by atoms with Crippen LogP contribution in [-0.2, 0) is 6.54 Å². The van der Waals surface area contributed by atoms with Crippen LogP contribution in [0.1, 0.15) is 56.8 Å². The van der Waals surface area contributed by atoms with Crippen molar-refractivity contribution in [2.75, 3.05) is 31.1 Å². The second-order valence-electron chi connectivity index (χ2n) is 11.0. The van der Waals surface area contributed by atoms with E-state index >= 15 is 0 Å². The normalized spacial score (nSPS) is 17.5. The van der Waals surface area contributed by atoms with Crippen LogP contribution in [0.25, 0.3) is 22.3 Å². The Morgan fingerprint density at radius 1 is 0.947 bits per heavy atom. The second kappa shape index (κ2) is 10.0. The first kappa shape index (κ1) is 24.9. The van der Waals surface area contributed by atoms with E-state index in [4.69, 9.17) is 15.0 Å². The molecule has 1 aromatic carbocycles. The molecule has 1 aliphatic heterocycles. The third kappa shape index (κ3) is 4.99. The first-order valence-corrected chi connectivity index (χ1v) is 13.5. The van der Waals surface area contributed by atoms with Crippen LogP contribution in [0.3, 0.4) is 0 Å². The largest absolute Gasteiger partial charge is 0.352 e. The van der Waals surface area contributed by atoms with Crippen LogP contribution in [0.5, 0.6) is 0 Å². The van der Waals surface area contributed by atoms with Gasteiger partial charge in [0.25, 0.3) is 0 Å². The van der Waals surface area contributed by atoms with Gasteiger partial charge in [-0.3, -0.25) is 14.6 Å². The van der Waals surface area contributed by atoms with Gasteiger partial charge in [-0.25, -0.2) is 18.7 Å². The van der Waals surface area contributed by atoms with Gasteiger partial charge in [0.2, 0.25) is 0 Å². The zero-order valence-electron chi connectivity index (χ0n) is 22.1. The highest BCUT2D eigenvalue weighted by molar-refractivity contribution is 5.83. The Balaban J connectivity index is 1.30. The molecular formula is C29H33F2N7. The fourth-order valence-electron chi connectivity index (χ4n) is 4.98. The van der Waals surface area contributed by atoms with Gasteiger partial charge >= 0.3 is 0 Å². The standard InChI is InChI=1S/C29H33F2N7/c1-18(2)19(3)25-13-26-27(15-32-25)34-28(21-14-33-38(17-21)23-6-7-23)29(35-26)37-10-8-36(9-11-37)16-20-4-5-22(30)12-24(20)31/h4-5,12-15,17-19,23H,6-11,16H2,1-3H3. The highest BCUT2D eigenvalue weighted by atomic mass is 19.1. The Morgan fingerprint density at radius 3 is 2.45 bits per heavy atom. The van der Waals surface area contributed by atoms with E-state index in [-0.39, 0.29) is 0 Å². The molecule has 7 nitrogen and oxygen atoms in total. The topological polar surface area (TPSA) is 63.0 Å². The molecule has 9 heteroatoms. The van der Waals surface area contributed by atoms with Gasteiger partial charge < -0.3 is 4.90 Å². The summed E-state index contributed by atoms with van der Waals surface area (Å²) in [5.74, 6) is 0.581. The fourth-order valence-corrected chi connectivity index (χ4v) is 4.98. The van der Waals surface area contributed by atoms with Gasteiger partial charge in [-0.2, -0.15) is 5.10 Å². The summed E-state index contributed by atoms with van der Waals surface area (Å²) in [4.78, 5) is 19.4. The summed E-state index contributed by atoms with van der Waals surface area (Å²) in [6, 6.07) is 6.36. The predicted octanol–water partition coefficient (Wildman–Crippen LogP) is 5.58. The van der Waals surface area contributed by atoms with E-state index in [1.165, 1.54) is 12.1 Å². The number of fused-ring (bicyclic) bond motifs is 1. The average molecular weight is 518 g/mol. The Hall–Kier alpha value is -3.46. The van der Waals surface area contributed by atoms with Crippen molar-refractivity contribution in [2.45, 2.75) is 52.1 Å². The molecule has 2 aliphatic rings. The molecule has 2 fully saturated rings. The van der Waals surface area contributed by atoms with Gasteiger partial charge in [0.15, 0.2) is 5.82 Å². The van der Waals surface area contributed by atoms with Gasteiger partial charge in [-0.05, 0) is 30.9 Å². The number of nitrogens with zero attached hydrogens (tertiary/aromatic N) is 7. The van der Waals surface area contributed by atoms with E-state index in [1.54, 1.807) is 0 Å². The molecule has 3 aromatic heterocycles. The summed E-state index contributed by atoms with van der Waals surface area (Å²) in [6.45, 7) is 9.98. The van der Waals surface area contributed by atoms with Crippen LogP contribution in [-0.4, -0.2) is 55.8 Å². The summed E-state index contributed by atoms with van der Waals surface area (Å²) in [6.07, 6.45) is 8.12. The van der Waals surface area contributed by atoms with Crippen molar-refractivity contribution in [1.82, 2.24) is 29.6 Å². The van der Waals surface area contributed by atoms with Crippen LogP contribution < -0.4 is 4.90 Å². The second-order valence-corrected chi connectivity index (χ2v) is 11.0. The van der Waals surface area contributed by atoms with E-state index in [1.807, 2.05) is 17.1 Å². The smallest absolute Gasteiger partial charge is 0.156 e. The highest BCUT2D eigenvalue weighted by Gasteiger charge is 2.27. The van der Waals surface area contributed by atoms with Crippen molar-refractivity contribution in [3.05, 3.63) is 65.7 Å². The van der Waals surface area contributed by atoms with Crippen LogP contribution >= 0.6 is 0 Å². The predicted molar refractivity (Wildman–Crippen MR) is 144 cm³/mol. The minimum Gasteiger partial charge on any atom is -0.352 e. The molecule has 0 radical (unpaired) electrons. The molecule has 1 saturated heterocycles. The van der Waals surface area contributed by atoms with Crippen molar-refractivity contribution in [3.8, 4) is 11.3 Å². The molecule has 6 rings (SSSR count). The van der Waals surface area contributed by atoms with Crippen LogP contribution in [0, 0.1) is 17.6 Å². The molecule has 38 heavy (non-hydrogen) atoms. The zero-order chi connectivity index (χ0) is 26.4. The number of piperazine rings is 1. The first-order chi connectivity index (χ1) is 18.4. The third-order valence-electron chi connectivity index (χ3n) is 7.90. The maximum atomic E-state index is 14.2. The number of benzene rings is 1. The summed E-state index contributed by atoms with van der Waals surface area (Å²) in [7, 11) is 0. The summed E-state index contributed by atoms with van der Waals surface area (Å²) < 4.78 is 29.6. The highest BCUT2D eigenvalue weighted by Crippen LogP contribution is 2.37. The van der Waals surface area contributed by atoms with Crippen LogP contribution in [0.2, 0.25) is 0 Å². The van der Waals surface area contributed by atoms with Gasteiger partial charge in [0.05, 0.1) is 24.0 Å². The summed E-state index contributed by atoms with van der Waals surface area (Å²) >= 11 is 0. The lowest BCUT2D eigenvalue weighted by atomic mass is 9.94. The van der Waals surface area contributed by atoms with Crippen LogP contribution in [0.15, 0.2) is 42.9 Å². The minimum absolute atomic E-state index is 0.316. The van der Waals surface area contributed by atoms with E-state index in [0.29, 0.717) is 30.0 Å². The molecule has 0 bridgehead atoms. The molecule has 1 unspecified atom stereocenters. The number of anilines is 1.